The Balaban J connectivity index is 1.95. The van der Waals surface area contributed by atoms with E-state index in [0.29, 0.717) is 26.4 Å². The molecule has 2 atom stereocenters. The summed E-state index contributed by atoms with van der Waals surface area (Å²) in [6, 6.07) is 7.44. The number of carbonyl (C=O) groups excluding carboxylic acids is 1. The fourth-order valence-electron chi connectivity index (χ4n) is 2.22. The summed E-state index contributed by atoms with van der Waals surface area (Å²) in [6.07, 6.45) is 0. The molecule has 1 aliphatic heterocycles. The van der Waals surface area contributed by atoms with E-state index in [1.807, 2.05) is 38.1 Å². The first-order valence-corrected chi connectivity index (χ1v) is 6.89. The zero-order valence-electron chi connectivity index (χ0n) is 12.0. The normalized spacial score (nSPS) is 25.4. The maximum Gasteiger partial charge on any atom is 0.230 e. The number of nitrogens with one attached hydrogen (secondary N) is 1. The standard InChI is InChI=1S/C15H22N2O3/c1-3-20-12-6-4-5-11(7-12)8-17-14(18)15(2)10-19-9-13(15)16/h4-7,13H,3,8-10,16H2,1-2H3,(H,17,18). The Morgan fingerprint density at radius 3 is 3.05 bits per heavy atom. The van der Waals surface area contributed by atoms with Crippen molar-refractivity contribution in [3.05, 3.63) is 29.8 Å². The molecule has 1 saturated heterocycles. The van der Waals surface area contributed by atoms with Crippen LogP contribution in [-0.4, -0.2) is 31.8 Å². The quantitative estimate of drug-likeness (QED) is 0.845. The minimum atomic E-state index is -0.641. The van der Waals surface area contributed by atoms with Gasteiger partial charge in [0.15, 0.2) is 0 Å². The van der Waals surface area contributed by atoms with Gasteiger partial charge in [-0.15, -0.1) is 0 Å². The molecule has 1 heterocycles. The third kappa shape index (κ3) is 3.11. The molecule has 0 saturated carbocycles. The molecule has 2 unspecified atom stereocenters. The zero-order valence-corrected chi connectivity index (χ0v) is 12.0. The summed E-state index contributed by atoms with van der Waals surface area (Å²) in [7, 11) is 0. The van der Waals surface area contributed by atoms with Crippen molar-refractivity contribution in [2.24, 2.45) is 11.1 Å². The Morgan fingerprint density at radius 1 is 1.60 bits per heavy atom. The average Bonchev–Trinajstić information content (AvgIpc) is 2.78. The van der Waals surface area contributed by atoms with Crippen molar-refractivity contribution >= 4 is 5.91 Å². The van der Waals surface area contributed by atoms with E-state index in [-0.39, 0.29) is 11.9 Å². The van der Waals surface area contributed by atoms with E-state index < -0.39 is 5.41 Å². The van der Waals surface area contributed by atoms with Crippen LogP contribution in [0.15, 0.2) is 24.3 Å². The first-order valence-electron chi connectivity index (χ1n) is 6.89. The number of hydrogen-bond donors (Lipinski definition) is 2. The van der Waals surface area contributed by atoms with E-state index in [1.165, 1.54) is 0 Å². The first kappa shape index (κ1) is 14.8. The predicted molar refractivity (Wildman–Crippen MR) is 76.4 cm³/mol. The van der Waals surface area contributed by atoms with Gasteiger partial charge in [0, 0.05) is 12.6 Å². The summed E-state index contributed by atoms with van der Waals surface area (Å²) in [5.74, 6) is 0.746. The smallest absolute Gasteiger partial charge is 0.230 e. The van der Waals surface area contributed by atoms with Crippen molar-refractivity contribution in [1.82, 2.24) is 5.32 Å². The molecule has 0 aromatic heterocycles. The van der Waals surface area contributed by atoms with Crippen LogP contribution in [0.3, 0.4) is 0 Å². The number of ether oxygens (including phenoxy) is 2. The molecule has 1 aromatic carbocycles. The molecule has 1 amide bonds. The van der Waals surface area contributed by atoms with Gasteiger partial charge in [-0.3, -0.25) is 4.79 Å². The Bertz CT molecular complexity index is 478. The highest BCUT2D eigenvalue weighted by atomic mass is 16.5. The van der Waals surface area contributed by atoms with Crippen LogP contribution < -0.4 is 15.8 Å². The Morgan fingerprint density at radius 2 is 2.40 bits per heavy atom. The molecule has 0 bridgehead atoms. The van der Waals surface area contributed by atoms with E-state index >= 15 is 0 Å². The number of carbonyl (C=O) groups is 1. The molecule has 1 aromatic rings. The van der Waals surface area contributed by atoms with Crippen molar-refractivity contribution in [3.8, 4) is 5.75 Å². The monoisotopic (exact) mass is 278 g/mol. The predicted octanol–water partition coefficient (Wildman–Crippen LogP) is 1.07. The second-order valence-electron chi connectivity index (χ2n) is 5.30. The van der Waals surface area contributed by atoms with Gasteiger partial charge in [-0.1, -0.05) is 12.1 Å². The van der Waals surface area contributed by atoms with Gasteiger partial charge in [0.25, 0.3) is 0 Å². The van der Waals surface area contributed by atoms with Crippen LogP contribution >= 0.6 is 0 Å². The van der Waals surface area contributed by atoms with Gasteiger partial charge in [0.05, 0.1) is 25.2 Å². The van der Waals surface area contributed by atoms with Gasteiger partial charge in [-0.25, -0.2) is 0 Å². The van der Waals surface area contributed by atoms with Crippen molar-refractivity contribution in [1.29, 1.82) is 0 Å². The molecule has 1 aliphatic rings. The lowest BCUT2D eigenvalue weighted by atomic mass is 9.85. The summed E-state index contributed by atoms with van der Waals surface area (Å²) in [6.45, 7) is 5.68. The molecule has 3 N–H and O–H groups in total. The molecule has 5 heteroatoms. The summed E-state index contributed by atoms with van der Waals surface area (Å²) in [5.41, 5.74) is 6.30. The van der Waals surface area contributed by atoms with Crippen LogP contribution in [0.25, 0.3) is 0 Å². The second-order valence-corrected chi connectivity index (χ2v) is 5.30. The van der Waals surface area contributed by atoms with Gasteiger partial charge in [-0.05, 0) is 31.5 Å². The van der Waals surface area contributed by atoms with Crippen LogP contribution in [0.4, 0.5) is 0 Å². The molecular weight excluding hydrogens is 256 g/mol. The molecule has 20 heavy (non-hydrogen) atoms. The van der Waals surface area contributed by atoms with Gasteiger partial charge in [-0.2, -0.15) is 0 Å². The van der Waals surface area contributed by atoms with E-state index in [4.69, 9.17) is 15.2 Å². The highest BCUT2D eigenvalue weighted by Crippen LogP contribution is 2.27. The minimum absolute atomic E-state index is 0.0655. The molecule has 0 radical (unpaired) electrons. The lowest BCUT2D eigenvalue weighted by Crippen LogP contribution is -2.49. The van der Waals surface area contributed by atoms with E-state index in [2.05, 4.69) is 5.32 Å². The van der Waals surface area contributed by atoms with Gasteiger partial charge >= 0.3 is 0 Å². The first-order chi connectivity index (χ1) is 9.56. The maximum absolute atomic E-state index is 12.3. The summed E-state index contributed by atoms with van der Waals surface area (Å²) in [5, 5.41) is 2.93. The van der Waals surface area contributed by atoms with Crippen LogP contribution in [-0.2, 0) is 16.1 Å². The lowest BCUT2D eigenvalue weighted by Gasteiger charge is -2.25. The largest absolute Gasteiger partial charge is 0.494 e. The molecule has 2 rings (SSSR count). The second kappa shape index (κ2) is 6.24. The molecule has 0 spiro atoms. The third-order valence-corrected chi connectivity index (χ3v) is 3.70. The summed E-state index contributed by atoms with van der Waals surface area (Å²) >= 11 is 0. The Hall–Kier alpha value is -1.59. The molecular formula is C15H22N2O3. The average molecular weight is 278 g/mol. The summed E-state index contributed by atoms with van der Waals surface area (Å²) in [4.78, 5) is 12.3. The van der Waals surface area contributed by atoms with Crippen LogP contribution in [0.2, 0.25) is 0 Å². The highest BCUT2D eigenvalue weighted by molar-refractivity contribution is 5.83. The van der Waals surface area contributed by atoms with E-state index in [0.717, 1.165) is 11.3 Å². The van der Waals surface area contributed by atoms with Gasteiger partial charge in [0.2, 0.25) is 5.91 Å². The van der Waals surface area contributed by atoms with Gasteiger partial charge < -0.3 is 20.5 Å². The SMILES string of the molecule is CCOc1cccc(CNC(=O)C2(C)COCC2N)c1. The fraction of sp³-hybridized carbons (Fsp3) is 0.533. The minimum Gasteiger partial charge on any atom is -0.494 e. The number of hydrogen-bond acceptors (Lipinski definition) is 4. The number of nitrogens with two attached hydrogens (primary N) is 1. The fourth-order valence-corrected chi connectivity index (χ4v) is 2.22. The summed E-state index contributed by atoms with van der Waals surface area (Å²) < 4.78 is 10.7. The van der Waals surface area contributed by atoms with Crippen molar-refractivity contribution in [3.63, 3.8) is 0 Å². The van der Waals surface area contributed by atoms with E-state index in [9.17, 15) is 4.79 Å². The van der Waals surface area contributed by atoms with Crippen LogP contribution in [0, 0.1) is 5.41 Å². The van der Waals surface area contributed by atoms with Crippen molar-refractivity contribution < 1.29 is 14.3 Å². The molecule has 110 valence electrons. The molecule has 5 nitrogen and oxygen atoms in total. The van der Waals surface area contributed by atoms with Crippen molar-refractivity contribution in [2.45, 2.75) is 26.4 Å². The molecule has 1 fully saturated rings. The van der Waals surface area contributed by atoms with Crippen molar-refractivity contribution in [2.75, 3.05) is 19.8 Å². The Labute approximate surface area is 119 Å². The number of rotatable bonds is 5. The zero-order chi connectivity index (χ0) is 14.6. The number of benzene rings is 1. The highest BCUT2D eigenvalue weighted by Gasteiger charge is 2.44. The van der Waals surface area contributed by atoms with Gasteiger partial charge in [0.1, 0.15) is 5.75 Å². The number of amides is 1. The van der Waals surface area contributed by atoms with E-state index in [1.54, 1.807) is 0 Å². The third-order valence-electron chi connectivity index (χ3n) is 3.70. The van der Waals surface area contributed by atoms with Crippen LogP contribution in [0.5, 0.6) is 5.75 Å². The Kier molecular flexibility index (Phi) is 4.62. The lowest BCUT2D eigenvalue weighted by molar-refractivity contribution is -0.130. The maximum atomic E-state index is 12.3. The topological polar surface area (TPSA) is 73.6 Å². The molecule has 0 aliphatic carbocycles. The van der Waals surface area contributed by atoms with Crippen LogP contribution in [0.1, 0.15) is 19.4 Å².